The van der Waals surface area contributed by atoms with E-state index in [9.17, 15) is 91.3 Å². The van der Waals surface area contributed by atoms with E-state index in [1.807, 2.05) is 6.92 Å². The number of aliphatic hydroxyl groups is 15. The summed E-state index contributed by atoms with van der Waals surface area (Å²) in [6.45, 7) is 10.0. The highest BCUT2D eigenvalue weighted by Gasteiger charge is 2.74. The van der Waals surface area contributed by atoms with Crippen LogP contribution < -0.4 is 14.2 Å². The Balaban J connectivity index is 0.859. The lowest BCUT2D eigenvalue weighted by atomic mass is 9.33. The molecule has 1 aromatic carbocycles. The van der Waals surface area contributed by atoms with E-state index >= 15 is 4.79 Å². The number of carbonyl (C=O) groups excluding carboxylic acids is 2. The maximum absolute atomic E-state index is 16.0. The number of esters is 2. The van der Waals surface area contributed by atoms with E-state index in [1.165, 1.54) is 48.2 Å². The van der Waals surface area contributed by atoms with Crippen molar-refractivity contribution in [3.8, 4) is 17.2 Å². The lowest BCUT2D eigenvalue weighted by Gasteiger charge is -2.71. The summed E-state index contributed by atoms with van der Waals surface area (Å²) < 4.78 is 82.6. The van der Waals surface area contributed by atoms with Gasteiger partial charge in [-0.3, -0.25) is 9.59 Å². The summed E-state index contributed by atoms with van der Waals surface area (Å²) in [5.74, 6) is -3.89. The van der Waals surface area contributed by atoms with Gasteiger partial charge in [0.05, 0.1) is 82.5 Å². The van der Waals surface area contributed by atoms with Crippen molar-refractivity contribution in [3.05, 3.63) is 35.4 Å². The Morgan fingerprint density at radius 3 is 1.71 bits per heavy atom. The molecule has 5 saturated heterocycles. The van der Waals surface area contributed by atoms with Crippen LogP contribution in [0.3, 0.4) is 0 Å². The third kappa shape index (κ3) is 13.8. The molecule has 7 unspecified atom stereocenters. The second-order valence-electron chi connectivity index (χ2n) is 31.6. The summed E-state index contributed by atoms with van der Waals surface area (Å²) in [5, 5.41) is 178. The van der Waals surface area contributed by atoms with E-state index in [-0.39, 0.29) is 50.2 Å². The normalized spacial score (nSPS) is 47.9. The monoisotopic (exact) mass is 1490 g/mol. The average molecular weight is 1490 g/mol. The predicted octanol–water partition coefficient (Wildman–Crippen LogP) is -2.22. The Labute approximate surface area is 600 Å². The van der Waals surface area contributed by atoms with Crippen molar-refractivity contribution < 1.29 is 162 Å². The summed E-state index contributed by atoms with van der Waals surface area (Å²) >= 11 is 0. The molecule has 34 atom stereocenters. The van der Waals surface area contributed by atoms with Crippen molar-refractivity contribution in [2.24, 2.45) is 50.2 Å². The van der Waals surface area contributed by atoms with Gasteiger partial charge in [0.1, 0.15) is 115 Å². The zero-order valence-electron chi connectivity index (χ0n) is 59.9. The standard InChI is InChI=1S/C71H106O33/c1-29-55(101-59-50(83)46(79)40(27-94-59)99-61-51(84)47(80)44(77)38(25-72)97-61)49(82)53(86)60(95-29)102-57-54(87)56(100-43(76)14-11-32-36(92-9)21-31(91-8)22-37(32)93-10)30(2)96-63(57)104-65(90)70-18-17-66(3,4)23-34(70)33-12-13-41-67(5)24-35(75)58(103-62-52(85)48(81)45(78)39(26-73)98-62)69(7,64(88)89)42(67)15-16-68(41,6)71(33,28-74)20-19-70/h11-12,14,21-22,29-30,34-35,38-42,44-63,72-75,77-87H,13,15-20,23-28H2,1-10H3,(H,88,89)/b14-11+/t29-,30+,34?,35?,38+,39+,40+,41?,42?,44-,45+,46-,47-,48-,49-,50+,51+,52+,53+,54-,55-,56-,57+,58?,59+,60-,61+,62?,63+,67+,68+,69-,70?,71-/m0/s1. The van der Waals surface area contributed by atoms with E-state index in [2.05, 4.69) is 26.8 Å². The first kappa shape index (κ1) is 80.6. The Morgan fingerprint density at radius 2 is 1.12 bits per heavy atom. The van der Waals surface area contributed by atoms with E-state index in [0.717, 1.165) is 11.6 Å². The number of carboxylic acids is 1. The van der Waals surface area contributed by atoms with Gasteiger partial charge < -0.3 is 148 Å². The lowest BCUT2D eigenvalue weighted by Crippen LogP contribution is -2.71. The minimum Gasteiger partial charge on any atom is -0.496 e. The number of fused-ring (bicyclic) bond motifs is 7. The maximum Gasteiger partial charge on any atom is 0.331 e. The molecule has 0 radical (unpaired) electrons. The summed E-state index contributed by atoms with van der Waals surface area (Å²) in [7, 11) is 4.24. The highest BCUT2D eigenvalue weighted by molar-refractivity contribution is 5.89. The molecule has 33 nitrogen and oxygen atoms in total. The molecule has 0 amide bonds. The number of hydrogen-bond donors (Lipinski definition) is 16. The van der Waals surface area contributed by atoms with Gasteiger partial charge in [-0.1, -0.05) is 39.3 Å². The van der Waals surface area contributed by atoms with Crippen LogP contribution in [0.15, 0.2) is 29.9 Å². The molecule has 0 bridgehead atoms. The first-order valence-electron chi connectivity index (χ1n) is 35.7. The minimum absolute atomic E-state index is 0.00207. The van der Waals surface area contributed by atoms with Crippen molar-refractivity contribution in [1.29, 1.82) is 0 Å². The molecule has 1 aromatic rings. The average Bonchev–Trinajstić information content (AvgIpc) is 0.668. The highest BCUT2D eigenvalue weighted by atomic mass is 16.8. The fraction of sp³-hybridized carbons (Fsp3) is 0.817. The van der Waals surface area contributed by atoms with Gasteiger partial charge in [-0.2, -0.15) is 0 Å². The van der Waals surface area contributed by atoms with E-state index in [1.54, 1.807) is 12.1 Å². The molecule has 33 heteroatoms. The Kier molecular flexibility index (Phi) is 23.8. The number of methoxy groups -OCH3 is 3. The molecule has 4 saturated carbocycles. The first-order chi connectivity index (χ1) is 49.0. The molecule has 104 heavy (non-hydrogen) atoms. The summed E-state index contributed by atoms with van der Waals surface area (Å²) in [6, 6.07) is 3.12. The van der Waals surface area contributed by atoms with Crippen molar-refractivity contribution in [3.63, 3.8) is 0 Å². The summed E-state index contributed by atoms with van der Waals surface area (Å²) in [4.78, 5) is 43.9. The molecule has 0 aromatic heterocycles. The fourth-order valence-corrected chi connectivity index (χ4v) is 19.5. The molecular formula is C71H106O33. The third-order valence-electron chi connectivity index (χ3n) is 25.5. The smallest absolute Gasteiger partial charge is 0.331 e. The third-order valence-corrected chi connectivity index (χ3v) is 25.5. The minimum atomic E-state index is -2.10. The lowest BCUT2D eigenvalue weighted by molar-refractivity contribution is -0.378. The van der Waals surface area contributed by atoms with Crippen LogP contribution in [0.5, 0.6) is 17.2 Å². The van der Waals surface area contributed by atoms with Crippen LogP contribution in [0.25, 0.3) is 6.08 Å². The fourth-order valence-electron chi connectivity index (χ4n) is 19.5. The number of carbonyl (C=O) groups is 3. The van der Waals surface area contributed by atoms with Gasteiger partial charge in [-0.15, -0.1) is 0 Å². The molecule has 5 heterocycles. The van der Waals surface area contributed by atoms with Crippen LogP contribution >= 0.6 is 0 Å². The number of hydrogen-bond acceptors (Lipinski definition) is 32. The largest absolute Gasteiger partial charge is 0.496 e. The van der Waals surface area contributed by atoms with Crippen molar-refractivity contribution >= 4 is 24.0 Å². The van der Waals surface area contributed by atoms with Crippen molar-refractivity contribution in [2.45, 2.75) is 266 Å². The van der Waals surface area contributed by atoms with Gasteiger partial charge in [0, 0.05) is 23.6 Å². The van der Waals surface area contributed by atoms with Crippen LogP contribution in [-0.4, -0.2) is 307 Å². The van der Waals surface area contributed by atoms with Gasteiger partial charge in [0.25, 0.3) is 0 Å². The Bertz CT molecular complexity index is 3240. The van der Waals surface area contributed by atoms with Crippen LogP contribution in [0.1, 0.15) is 112 Å². The van der Waals surface area contributed by atoms with Gasteiger partial charge in [-0.05, 0) is 119 Å². The Morgan fingerprint density at radius 1 is 0.567 bits per heavy atom. The van der Waals surface area contributed by atoms with Crippen molar-refractivity contribution in [2.75, 3.05) is 47.8 Å². The van der Waals surface area contributed by atoms with Crippen LogP contribution in [-0.2, 0) is 66.5 Å². The maximum atomic E-state index is 16.0. The number of benzene rings is 1. The predicted molar refractivity (Wildman–Crippen MR) is 350 cm³/mol. The van der Waals surface area contributed by atoms with Crippen LogP contribution in [0.4, 0.5) is 0 Å². The molecule has 0 spiro atoms. The zero-order valence-corrected chi connectivity index (χ0v) is 59.9. The van der Waals surface area contributed by atoms with Gasteiger partial charge >= 0.3 is 17.9 Å². The second-order valence-corrected chi connectivity index (χ2v) is 31.6. The van der Waals surface area contributed by atoms with E-state index in [4.69, 9.17) is 66.3 Å². The molecule has 5 aliphatic heterocycles. The topological polar surface area (TPSA) is 504 Å². The zero-order chi connectivity index (χ0) is 76.0. The van der Waals surface area contributed by atoms with Gasteiger partial charge in [0.15, 0.2) is 37.4 Å². The molecule has 588 valence electrons. The molecule has 11 rings (SSSR count). The number of aliphatic carboxylic acids is 1. The van der Waals surface area contributed by atoms with Gasteiger partial charge in [-0.25, -0.2) is 4.79 Å². The van der Waals surface area contributed by atoms with Crippen LogP contribution in [0.2, 0.25) is 0 Å². The highest BCUT2D eigenvalue weighted by Crippen LogP contribution is 2.76. The van der Waals surface area contributed by atoms with E-state index < -0.39 is 248 Å². The number of ether oxygens (including phenoxy) is 14. The molecular weight excluding hydrogens is 1380 g/mol. The van der Waals surface area contributed by atoms with E-state index in [0.29, 0.717) is 37.0 Å². The number of carboxylic acid groups (broad SMARTS) is 1. The molecule has 16 N–H and O–H groups in total. The SMILES string of the molecule is COc1cc(OC)c(/C=C/C(=O)O[C@@H]2[C@H](O)[C@@H](O[C@@H]3O[C@@H](C)[C@H](O[C@H]4OC[C@@H](O[C@H]5O[C@H](CO)[C@H](O)[C@H](O)[C@H]5O)[C@H](O)[C@H]4O)[C@@H](O)[C@H]3O)[C@@H](OC(=O)C34CCC(C)(C)CC3C3=CCC5[C@@]6(C)CC(O)C(OC7O[C@H](CO)[C@@H](O)[C@H](O)[C@H]7O)[C@@](C)(C(=O)O)C6CC[C@@]5(C)[C@]3(CO)CC4)O[C@@H]2C)c(OC)c1. The number of aliphatic hydroxyl groups excluding tert-OH is 15. The second kappa shape index (κ2) is 30.8. The Hall–Kier alpha value is -4.45. The number of allylic oxidation sites excluding steroid dienone is 1. The van der Waals surface area contributed by atoms with Crippen molar-refractivity contribution in [1.82, 2.24) is 0 Å². The molecule has 10 aliphatic rings. The number of rotatable bonds is 20. The summed E-state index contributed by atoms with van der Waals surface area (Å²) in [6.07, 6.45) is -37.6. The molecule has 9 fully saturated rings. The summed E-state index contributed by atoms with van der Waals surface area (Å²) in [5.41, 5.74) is -5.28. The van der Waals surface area contributed by atoms with Crippen LogP contribution in [0, 0.1) is 50.2 Å². The first-order valence-corrected chi connectivity index (χ1v) is 35.7. The quantitative estimate of drug-likeness (QED) is 0.0285. The van der Waals surface area contributed by atoms with Gasteiger partial charge in [0.2, 0.25) is 6.29 Å². The molecule has 5 aliphatic carbocycles.